The number of benzene rings is 2. The van der Waals surface area contributed by atoms with Crippen LogP contribution in [0.3, 0.4) is 0 Å². The van der Waals surface area contributed by atoms with Crippen LogP contribution in [0.4, 0.5) is 4.39 Å². The van der Waals surface area contributed by atoms with Crippen molar-refractivity contribution >= 4 is 17.9 Å². The molecule has 0 aromatic heterocycles. The van der Waals surface area contributed by atoms with Crippen molar-refractivity contribution < 1.29 is 23.4 Å². The molecule has 2 aromatic rings. The lowest BCUT2D eigenvalue weighted by Crippen LogP contribution is -2.05. The molecule has 0 aliphatic carbocycles. The second-order valence-electron chi connectivity index (χ2n) is 5.32. The normalized spacial score (nSPS) is 14.8. The van der Waals surface area contributed by atoms with Crippen LogP contribution in [-0.2, 0) is 9.53 Å². The number of hydrogen-bond acceptors (Lipinski definition) is 5. The molecule has 0 amide bonds. The van der Waals surface area contributed by atoms with E-state index in [1.165, 1.54) is 31.4 Å². The number of aliphatic imine (C=N–C) groups is 1. The zero-order chi connectivity index (χ0) is 18.5. The van der Waals surface area contributed by atoms with Gasteiger partial charge in [0.15, 0.2) is 17.2 Å². The number of methoxy groups -OCH3 is 1. The molecule has 26 heavy (non-hydrogen) atoms. The maximum Gasteiger partial charge on any atom is 0.363 e. The van der Waals surface area contributed by atoms with E-state index in [1.807, 2.05) is 0 Å². The van der Waals surface area contributed by atoms with Crippen LogP contribution in [0.15, 0.2) is 65.8 Å². The van der Waals surface area contributed by atoms with Crippen molar-refractivity contribution in [2.24, 2.45) is 4.99 Å². The minimum atomic E-state index is -0.596. The first-order chi connectivity index (χ1) is 12.6. The van der Waals surface area contributed by atoms with Crippen molar-refractivity contribution in [1.29, 1.82) is 0 Å². The second kappa shape index (κ2) is 7.65. The predicted molar refractivity (Wildman–Crippen MR) is 95.7 cm³/mol. The van der Waals surface area contributed by atoms with E-state index in [1.54, 1.807) is 30.4 Å². The van der Waals surface area contributed by atoms with Gasteiger partial charge in [0.1, 0.15) is 12.4 Å². The van der Waals surface area contributed by atoms with Crippen LogP contribution in [-0.4, -0.2) is 25.6 Å². The van der Waals surface area contributed by atoms with Gasteiger partial charge in [0.05, 0.1) is 7.11 Å². The lowest BCUT2D eigenvalue weighted by molar-refractivity contribution is -0.129. The van der Waals surface area contributed by atoms with Gasteiger partial charge in [0.2, 0.25) is 5.90 Å². The topological polar surface area (TPSA) is 57.1 Å². The van der Waals surface area contributed by atoms with E-state index >= 15 is 0 Å². The Morgan fingerprint density at radius 1 is 1.23 bits per heavy atom. The van der Waals surface area contributed by atoms with Crippen LogP contribution in [0.1, 0.15) is 11.1 Å². The maximum atomic E-state index is 13.0. The summed E-state index contributed by atoms with van der Waals surface area (Å²) in [6.45, 7) is 3.90. The molecule has 6 heteroatoms. The maximum absolute atomic E-state index is 13.0. The van der Waals surface area contributed by atoms with Crippen molar-refractivity contribution in [3.8, 4) is 11.5 Å². The van der Waals surface area contributed by atoms with E-state index in [-0.39, 0.29) is 24.0 Å². The number of para-hydroxylation sites is 1. The van der Waals surface area contributed by atoms with E-state index in [0.717, 1.165) is 0 Å². The number of nitrogens with zero attached hydrogens (tertiary/aromatic N) is 1. The largest absolute Gasteiger partial charge is 0.493 e. The lowest BCUT2D eigenvalue weighted by Gasteiger charge is -2.12. The second-order valence-corrected chi connectivity index (χ2v) is 5.32. The molecule has 0 saturated carbocycles. The standard InChI is InChI=1S/C20H16FNO4/c1-3-11-25-18-14(5-4-6-17(18)24-2)12-16-20(23)26-19(22-16)13-7-9-15(21)10-8-13/h3-10,12H,1,11H2,2H3/b16-12+. The molecular formula is C20H16FNO4. The average Bonchev–Trinajstić information content (AvgIpc) is 3.01. The first-order valence-electron chi connectivity index (χ1n) is 7.81. The third-order valence-corrected chi connectivity index (χ3v) is 3.58. The summed E-state index contributed by atoms with van der Waals surface area (Å²) in [5.41, 5.74) is 1.24. The zero-order valence-electron chi connectivity index (χ0n) is 14.1. The summed E-state index contributed by atoms with van der Waals surface area (Å²) < 4.78 is 29.2. The smallest absolute Gasteiger partial charge is 0.363 e. The molecule has 0 N–H and O–H groups in total. The number of carbonyl (C=O) groups excluding carboxylic acids is 1. The number of halogens is 1. The highest BCUT2D eigenvalue weighted by molar-refractivity contribution is 6.13. The van der Waals surface area contributed by atoms with Gasteiger partial charge in [0, 0.05) is 11.1 Å². The highest BCUT2D eigenvalue weighted by Crippen LogP contribution is 2.33. The molecule has 5 nitrogen and oxygen atoms in total. The first-order valence-corrected chi connectivity index (χ1v) is 7.81. The summed E-state index contributed by atoms with van der Waals surface area (Å²) in [5, 5.41) is 0. The Kier molecular flexibility index (Phi) is 5.12. The van der Waals surface area contributed by atoms with E-state index in [9.17, 15) is 9.18 Å². The fourth-order valence-electron chi connectivity index (χ4n) is 2.38. The van der Waals surface area contributed by atoms with Crippen LogP contribution in [0, 0.1) is 5.82 Å². The van der Waals surface area contributed by atoms with Gasteiger partial charge in [-0.25, -0.2) is 14.2 Å². The monoisotopic (exact) mass is 353 g/mol. The molecule has 3 rings (SSSR count). The Balaban J connectivity index is 1.97. The van der Waals surface area contributed by atoms with E-state index < -0.39 is 5.97 Å². The molecule has 0 unspecified atom stereocenters. The van der Waals surface area contributed by atoms with Crippen molar-refractivity contribution in [1.82, 2.24) is 0 Å². The zero-order valence-corrected chi connectivity index (χ0v) is 14.1. The molecule has 0 bridgehead atoms. The molecule has 0 fully saturated rings. The van der Waals surface area contributed by atoms with Gasteiger partial charge in [-0.2, -0.15) is 0 Å². The Morgan fingerprint density at radius 2 is 2.00 bits per heavy atom. The Morgan fingerprint density at radius 3 is 2.69 bits per heavy atom. The van der Waals surface area contributed by atoms with Gasteiger partial charge in [0.25, 0.3) is 0 Å². The molecule has 1 aliphatic heterocycles. The molecule has 0 radical (unpaired) electrons. The predicted octanol–water partition coefficient (Wildman–Crippen LogP) is 3.74. The highest BCUT2D eigenvalue weighted by atomic mass is 19.1. The average molecular weight is 353 g/mol. The fourth-order valence-corrected chi connectivity index (χ4v) is 2.38. The van der Waals surface area contributed by atoms with Gasteiger partial charge in [-0.3, -0.25) is 0 Å². The summed E-state index contributed by atoms with van der Waals surface area (Å²) in [6, 6.07) is 10.8. The van der Waals surface area contributed by atoms with Crippen LogP contribution < -0.4 is 9.47 Å². The quantitative estimate of drug-likeness (QED) is 0.451. The number of esters is 1. The van der Waals surface area contributed by atoms with Gasteiger partial charge in [-0.05, 0) is 36.4 Å². The first kappa shape index (κ1) is 17.4. The van der Waals surface area contributed by atoms with E-state index in [0.29, 0.717) is 22.6 Å². The van der Waals surface area contributed by atoms with Gasteiger partial charge in [-0.1, -0.05) is 24.8 Å². The summed E-state index contributed by atoms with van der Waals surface area (Å²) >= 11 is 0. The molecule has 0 spiro atoms. The van der Waals surface area contributed by atoms with Crippen LogP contribution in [0.5, 0.6) is 11.5 Å². The lowest BCUT2D eigenvalue weighted by atomic mass is 10.1. The third kappa shape index (κ3) is 3.64. The van der Waals surface area contributed by atoms with Gasteiger partial charge in [-0.15, -0.1) is 0 Å². The minimum Gasteiger partial charge on any atom is -0.493 e. The number of cyclic esters (lactones) is 1. The van der Waals surface area contributed by atoms with Gasteiger partial charge >= 0.3 is 5.97 Å². The summed E-state index contributed by atoms with van der Waals surface area (Å²) in [4.78, 5) is 16.3. The molecule has 0 atom stereocenters. The SMILES string of the molecule is C=CCOc1c(/C=C2/N=C(c3ccc(F)cc3)OC2=O)cccc1OC. The van der Waals surface area contributed by atoms with Crippen molar-refractivity contribution in [2.45, 2.75) is 0 Å². The third-order valence-electron chi connectivity index (χ3n) is 3.58. The minimum absolute atomic E-state index is 0.112. The Bertz CT molecular complexity index is 901. The molecule has 1 aliphatic rings. The van der Waals surface area contributed by atoms with Crippen LogP contribution in [0.2, 0.25) is 0 Å². The molecule has 1 heterocycles. The molecular weight excluding hydrogens is 337 g/mol. The van der Waals surface area contributed by atoms with Gasteiger partial charge < -0.3 is 14.2 Å². The number of rotatable bonds is 6. The number of hydrogen-bond donors (Lipinski definition) is 0. The fraction of sp³-hybridized carbons (Fsp3) is 0.100. The highest BCUT2D eigenvalue weighted by Gasteiger charge is 2.25. The summed E-state index contributed by atoms with van der Waals surface area (Å²) in [7, 11) is 1.53. The Labute approximate surface area is 150 Å². The Hall–Kier alpha value is -3.41. The van der Waals surface area contributed by atoms with E-state index in [4.69, 9.17) is 14.2 Å². The summed E-state index contributed by atoms with van der Waals surface area (Å²) in [6.07, 6.45) is 3.16. The number of carbonyl (C=O) groups is 1. The molecule has 2 aromatic carbocycles. The van der Waals surface area contributed by atoms with Crippen molar-refractivity contribution in [2.75, 3.05) is 13.7 Å². The van der Waals surface area contributed by atoms with E-state index in [2.05, 4.69) is 11.6 Å². The molecule has 132 valence electrons. The number of ether oxygens (including phenoxy) is 3. The van der Waals surface area contributed by atoms with Crippen molar-refractivity contribution in [3.63, 3.8) is 0 Å². The van der Waals surface area contributed by atoms with Crippen LogP contribution >= 0.6 is 0 Å². The summed E-state index contributed by atoms with van der Waals surface area (Å²) in [5.74, 6) is 0.144. The molecule has 0 saturated heterocycles. The van der Waals surface area contributed by atoms with Crippen molar-refractivity contribution in [3.05, 3.63) is 77.8 Å². The van der Waals surface area contributed by atoms with Crippen LogP contribution in [0.25, 0.3) is 6.08 Å².